The standard InChI is InChI=1S/C18H20N4OS/c1-11-7-14-8-15(21-17(14)19-9-11)13-3-5-22(6-4-13)18(23)16-12(2)20-10-24-16/h7-10,13H,3-6H2,1-2H3,(H,19,21). The van der Waals surface area contributed by atoms with Crippen molar-refractivity contribution in [1.82, 2.24) is 19.9 Å². The first-order chi connectivity index (χ1) is 11.6. The van der Waals surface area contributed by atoms with Crippen LogP contribution in [0.4, 0.5) is 0 Å². The summed E-state index contributed by atoms with van der Waals surface area (Å²) in [6.45, 7) is 5.55. The number of aromatic nitrogens is 3. The second kappa shape index (κ2) is 6.02. The molecule has 1 saturated heterocycles. The third kappa shape index (κ3) is 2.71. The highest BCUT2D eigenvalue weighted by Gasteiger charge is 2.27. The highest BCUT2D eigenvalue weighted by atomic mass is 32.1. The monoisotopic (exact) mass is 340 g/mol. The number of fused-ring (bicyclic) bond motifs is 1. The maximum absolute atomic E-state index is 12.6. The highest BCUT2D eigenvalue weighted by molar-refractivity contribution is 7.11. The van der Waals surface area contributed by atoms with E-state index < -0.39 is 0 Å². The Labute approximate surface area is 144 Å². The molecule has 1 fully saturated rings. The van der Waals surface area contributed by atoms with E-state index in [1.54, 1.807) is 5.51 Å². The zero-order valence-corrected chi connectivity index (χ0v) is 14.7. The molecule has 0 aliphatic carbocycles. The zero-order chi connectivity index (χ0) is 16.7. The Hall–Kier alpha value is -2.21. The van der Waals surface area contributed by atoms with Crippen molar-refractivity contribution in [1.29, 1.82) is 0 Å². The molecule has 1 N–H and O–H groups in total. The van der Waals surface area contributed by atoms with Crippen LogP contribution in [0, 0.1) is 13.8 Å². The van der Waals surface area contributed by atoms with Gasteiger partial charge in [-0.1, -0.05) is 0 Å². The van der Waals surface area contributed by atoms with E-state index in [4.69, 9.17) is 0 Å². The van der Waals surface area contributed by atoms with Crippen LogP contribution in [0.15, 0.2) is 23.8 Å². The fraction of sp³-hybridized carbons (Fsp3) is 0.389. The van der Waals surface area contributed by atoms with Gasteiger partial charge >= 0.3 is 0 Å². The molecule has 0 saturated carbocycles. The van der Waals surface area contributed by atoms with Crippen LogP contribution in [0.25, 0.3) is 11.0 Å². The summed E-state index contributed by atoms with van der Waals surface area (Å²) in [5, 5.41) is 1.17. The molecule has 6 heteroatoms. The lowest BCUT2D eigenvalue weighted by atomic mass is 9.93. The van der Waals surface area contributed by atoms with E-state index in [9.17, 15) is 4.79 Å². The minimum absolute atomic E-state index is 0.127. The maximum Gasteiger partial charge on any atom is 0.265 e. The number of likely N-dealkylation sites (tertiary alicyclic amines) is 1. The molecule has 24 heavy (non-hydrogen) atoms. The van der Waals surface area contributed by atoms with E-state index in [0.717, 1.165) is 42.1 Å². The number of nitrogens with zero attached hydrogens (tertiary/aromatic N) is 3. The molecule has 0 aromatic carbocycles. The molecule has 0 unspecified atom stereocenters. The number of hydrogen-bond acceptors (Lipinski definition) is 4. The lowest BCUT2D eigenvalue weighted by Crippen LogP contribution is -2.37. The largest absolute Gasteiger partial charge is 0.343 e. The highest BCUT2D eigenvalue weighted by Crippen LogP contribution is 2.30. The fourth-order valence-corrected chi connectivity index (χ4v) is 4.18. The van der Waals surface area contributed by atoms with Gasteiger partial charge in [-0.3, -0.25) is 4.79 Å². The number of amides is 1. The first-order valence-corrected chi connectivity index (χ1v) is 9.14. The Morgan fingerprint density at radius 1 is 1.25 bits per heavy atom. The number of pyridine rings is 1. The van der Waals surface area contributed by atoms with Gasteiger partial charge in [0, 0.05) is 36.3 Å². The quantitative estimate of drug-likeness (QED) is 0.774. The van der Waals surface area contributed by atoms with Crippen molar-refractivity contribution in [3.8, 4) is 0 Å². The van der Waals surface area contributed by atoms with Crippen LogP contribution in [0.1, 0.15) is 45.4 Å². The van der Waals surface area contributed by atoms with Gasteiger partial charge in [-0.05, 0) is 44.4 Å². The third-order valence-corrected chi connectivity index (χ3v) is 5.71. The number of H-pyrrole nitrogens is 1. The SMILES string of the molecule is Cc1cnc2[nH]c(C3CCN(C(=O)c4scnc4C)CC3)cc2c1. The molecule has 0 radical (unpaired) electrons. The van der Waals surface area contributed by atoms with Gasteiger partial charge in [-0.2, -0.15) is 0 Å². The first-order valence-electron chi connectivity index (χ1n) is 8.26. The van der Waals surface area contributed by atoms with Crippen molar-refractivity contribution < 1.29 is 4.79 Å². The molecule has 4 heterocycles. The van der Waals surface area contributed by atoms with Gasteiger partial charge in [0.15, 0.2) is 0 Å². The average molecular weight is 340 g/mol. The molecule has 1 amide bonds. The van der Waals surface area contributed by atoms with Gasteiger partial charge in [-0.25, -0.2) is 9.97 Å². The van der Waals surface area contributed by atoms with Crippen LogP contribution in [0.3, 0.4) is 0 Å². The van der Waals surface area contributed by atoms with Crippen molar-refractivity contribution in [3.63, 3.8) is 0 Å². The molecule has 124 valence electrons. The van der Waals surface area contributed by atoms with Gasteiger partial charge in [-0.15, -0.1) is 11.3 Å². The lowest BCUT2D eigenvalue weighted by molar-refractivity contribution is 0.0716. The number of carbonyl (C=O) groups is 1. The minimum Gasteiger partial charge on any atom is -0.343 e. The number of aromatic amines is 1. The van der Waals surface area contributed by atoms with Crippen molar-refractivity contribution >= 4 is 28.3 Å². The third-order valence-electron chi connectivity index (χ3n) is 4.79. The van der Waals surface area contributed by atoms with E-state index in [0.29, 0.717) is 5.92 Å². The topological polar surface area (TPSA) is 61.9 Å². The average Bonchev–Trinajstić information content (AvgIpc) is 3.20. The summed E-state index contributed by atoms with van der Waals surface area (Å²) in [6.07, 6.45) is 3.85. The van der Waals surface area contributed by atoms with E-state index in [2.05, 4.69) is 34.0 Å². The molecular formula is C18H20N4OS. The number of piperidine rings is 1. The predicted octanol–water partition coefficient (Wildman–Crippen LogP) is 3.66. The molecule has 1 aliphatic heterocycles. The number of aryl methyl sites for hydroxylation is 2. The normalized spacial score (nSPS) is 16.0. The summed E-state index contributed by atoms with van der Waals surface area (Å²) in [4.78, 5) is 27.4. The van der Waals surface area contributed by atoms with Crippen molar-refractivity contribution in [2.45, 2.75) is 32.6 Å². The van der Waals surface area contributed by atoms with Crippen molar-refractivity contribution in [3.05, 3.63) is 45.7 Å². The molecule has 0 atom stereocenters. The summed E-state index contributed by atoms with van der Waals surface area (Å²) in [7, 11) is 0. The maximum atomic E-state index is 12.6. The van der Waals surface area contributed by atoms with Crippen molar-refractivity contribution in [2.75, 3.05) is 13.1 Å². The molecule has 4 rings (SSSR count). The number of thiazole rings is 1. The van der Waals surface area contributed by atoms with E-state index in [-0.39, 0.29) is 5.91 Å². The molecule has 3 aromatic rings. The molecule has 1 aliphatic rings. The van der Waals surface area contributed by atoms with Crippen LogP contribution in [-0.2, 0) is 0 Å². The van der Waals surface area contributed by atoms with Gasteiger partial charge in [0.05, 0.1) is 11.2 Å². The molecule has 5 nitrogen and oxygen atoms in total. The molecule has 0 bridgehead atoms. The summed E-state index contributed by atoms with van der Waals surface area (Å²) in [6, 6.07) is 4.37. The second-order valence-electron chi connectivity index (χ2n) is 6.51. The van der Waals surface area contributed by atoms with Crippen LogP contribution >= 0.6 is 11.3 Å². The van der Waals surface area contributed by atoms with Crippen LogP contribution in [0.2, 0.25) is 0 Å². The number of hydrogen-bond donors (Lipinski definition) is 1. The summed E-state index contributed by atoms with van der Waals surface area (Å²) in [5.41, 5.74) is 5.95. The first kappa shape index (κ1) is 15.3. The van der Waals surface area contributed by atoms with Crippen LogP contribution in [-0.4, -0.2) is 38.8 Å². The van der Waals surface area contributed by atoms with E-state index >= 15 is 0 Å². The van der Waals surface area contributed by atoms with Gasteiger partial charge in [0.25, 0.3) is 5.91 Å². The fourth-order valence-electron chi connectivity index (χ4n) is 3.41. The summed E-state index contributed by atoms with van der Waals surface area (Å²) in [5.74, 6) is 0.591. The Morgan fingerprint density at radius 2 is 2.04 bits per heavy atom. The Morgan fingerprint density at radius 3 is 2.75 bits per heavy atom. The number of rotatable bonds is 2. The lowest BCUT2D eigenvalue weighted by Gasteiger charge is -2.31. The number of carbonyl (C=O) groups excluding carboxylic acids is 1. The molecule has 0 spiro atoms. The minimum atomic E-state index is 0.127. The Balaban J connectivity index is 1.47. The zero-order valence-electron chi connectivity index (χ0n) is 13.9. The summed E-state index contributed by atoms with van der Waals surface area (Å²) >= 11 is 1.44. The van der Waals surface area contributed by atoms with E-state index in [1.807, 2.05) is 18.0 Å². The van der Waals surface area contributed by atoms with Crippen LogP contribution < -0.4 is 0 Å². The Kier molecular flexibility index (Phi) is 3.84. The van der Waals surface area contributed by atoms with Gasteiger partial charge < -0.3 is 9.88 Å². The molecule has 3 aromatic heterocycles. The van der Waals surface area contributed by atoms with Gasteiger partial charge in [0.2, 0.25) is 0 Å². The predicted molar refractivity (Wildman–Crippen MR) is 95.6 cm³/mol. The molecular weight excluding hydrogens is 320 g/mol. The van der Waals surface area contributed by atoms with Crippen LogP contribution in [0.5, 0.6) is 0 Å². The second-order valence-corrected chi connectivity index (χ2v) is 7.36. The van der Waals surface area contributed by atoms with Crippen molar-refractivity contribution in [2.24, 2.45) is 0 Å². The van der Waals surface area contributed by atoms with Gasteiger partial charge in [0.1, 0.15) is 10.5 Å². The number of nitrogens with one attached hydrogen (secondary N) is 1. The summed E-state index contributed by atoms with van der Waals surface area (Å²) < 4.78 is 0. The van der Waals surface area contributed by atoms with E-state index in [1.165, 1.54) is 28.0 Å². The Bertz CT molecular complexity index is 889. The smallest absolute Gasteiger partial charge is 0.265 e.